The van der Waals surface area contributed by atoms with Gasteiger partial charge in [0.25, 0.3) is 11.5 Å². The highest BCUT2D eigenvalue weighted by Gasteiger charge is 2.17. The molecule has 0 saturated heterocycles. The van der Waals surface area contributed by atoms with E-state index in [1.165, 1.54) is 0 Å². The number of rotatable bonds is 6. The van der Waals surface area contributed by atoms with Crippen LogP contribution < -0.4 is 15.6 Å². The summed E-state index contributed by atoms with van der Waals surface area (Å²) in [4.78, 5) is 28.8. The molecule has 128 valence electrons. The highest BCUT2D eigenvalue weighted by Crippen LogP contribution is 2.20. The molecule has 1 unspecified atom stereocenters. The van der Waals surface area contributed by atoms with E-state index >= 15 is 0 Å². The van der Waals surface area contributed by atoms with Crippen LogP contribution in [0.2, 0.25) is 0 Å². The van der Waals surface area contributed by atoms with Crippen LogP contribution in [-0.2, 0) is 0 Å². The Morgan fingerprint density at radius 3 is 2.42 bits per heavy atom. The fourth-order valence-electron chi connectivity index (χ4n) is 2.46. The molecule has 6 nitrogen and oxygen atoms in total. The van der Waals surface area contributed by atoms with Gasteiger partial charge in [-0.15, -0.1) is 0 Å². The number of ether oxygens (including phenoxy) is 1. The van der Waals surface area contributed by atoms with Crippen molar-refractivity contribution in [3.8, 4) is 5.75 Å². The first-order valence-electron chi connectivity index (χ1n) is 7.71. The molecule has 1 atom stereocenters. The van der Waals surface area contributed by atoms with Crippen LogP contribution in [0.15, 0.2) is 41.2 Å². The van der Waals surface area contributed by atoms with Gasteiger partial charge in [-0.1, -0.05) is 12.1 Å². The molecule has 0 aliphatic rings. The molecule has 1 aromatic carbocycles. The second-order valence-corrected chi connectivity index (χ2v) is 5.85. The molecule has 2 rings (SSSR count). The number of carbonyl (C=O) groups excluding carboxylic acids is 1. The smallest absolute Gasteiger partial charge is 0.260 e. The van der Waals surface area contributed by atoms with Crippen LogP contribution in [0.3, 0.4) is 0 Å². The van der Waals surface area contributed by atoms with Crippen molar-refractivity contribution in [1.29, 1.82) is 0 Å². The van der Waals surface area contributed by atoms with E-state index in [1.807, 2.05) is 43.3 Å². The first-order valence-corrected chi connectivity index (χ1v) is 7.71. The summed E-state index contributed by atoms with van der Waals surface area (Å²) in [6.45, 7) is 2.17. The lowest BCUT2D eigenvalue weighted by atomic mass is 10.1. The minimum absolute atomic E-state index is 0.00983. The minimum atomic E-state index is -0.378. The molecule has 0 saturated carbocycles. The molecule has 1 aromatic heterocycles. The van der Waals surface area contributed by atoms with Gasteiger partial charge in [0.15, 0.2) is 0 Å². The highest BCUT2D eigenvalue weighted by atomic mass is 16.5. The number of nitrogens with one attached hydrogen (secondary N) is 2. The molecular weight excluding hydrogens is 306 g/mol. The Kier molecular flexibility index (Phi) is 5.76. The SMILES string of the molecule is COc1ccc(C(CNC(=O)c2ccc(C)[nH]c2=O)N(C)C)cc1. The van der Waals surface area contributed by atoms with Crippen molar-refractivity contribution in [1.82, 2.24) is 15.2 Å². The molecule has 0 radical (unpaired) electrons. The number of aromatic amines is 1. The summed E-state index contributed by atoms with van der Waals surface area (Å²) in [5, 5.41) is 2.84. The Hall–Kier alpha value is -2.60. The van der Waals surface area contributed by atoms with Crippen LogP contribution in [-0.4, -0.2) is 43.5 Å². The first-order chi connectivity index (χ1) is 11.4. The average Bonchev–Trinajstić information content (AvgIpc) is 2.55. The summed E-state index contributed by atoms with van der Waals surface area (Å²) < 4.78 is 5.17. The van der Waals surface area contributed by atoms with Gasteiger partial charge in [0.2, 0.25) is 0 Å². The van der Waals surface area contributed by atoms with E-state index in [9.17, 15) is 9.59 Å². The first kappa shape index (κ1) is 17.7. The van der Waals surface area contributed by atoms with Crippen molar-refractivity contribution >= 4 is 5.91 Å². The van der Waals surface area contributed by atoms with Crippen molar-refractivity contribution in [2.75, 3.05) is 27.7 Å². The zero-order valence-corrected chi connectivity index (χ0v) is 14.4. The van der Waals surface area contributed by atoms with E-state index in [2.05, 4.69) is 10.3 Å². The number of amides is 1. The van der Waals surface area contributed by atoms with E-state index in [0.717, 1.165) is 17.0 Å². The largest absolute Gasteiger partial charge is 0.497 e. The number of methoxy groups -OCH3 is 1. The monoisotopic (exact) mass is 329 g/mol. The Bertz CT molecular complexity index is 751. The van der Waals surface area contributed by atoms with Crippen LogP contribution in [0.1, 0.15) is 27.7 Å². The number of H-pyrrole nitrogens is 1. The van der Waals surface area contributed by atoms with Crippen LogP contribution >= 0.6 is 0 Å². The van der Waals surface area contributed by atoms with Gasteiger partial charge in [-0.05, 0) is 50.8 Å². The summed E-state index contributed by atoms with van der Waals surface area (Å²) in [5.41, 5.74) is 1.52. The number of pyridine rings is 1. The third-order valence-corrected chi connectivity index (χ3v) is 3.88. The van der Waals surface area contributed by atoms with Gasteiger partial charge in [0.1, 0.15) is 11.3 Å². The second kappa shape index (κ2) is 7.79. The number of hydrogen-bond acceptors (Lipinski definition) is 4. The van der Waals surface area contributed by atoms with Gasteiger partial charge in [-0.3, -0.25) is 9.59 Å². The number of benzene rings is 1. The van der Waals surface area contributed by atoms with Crippen molar-refractivity contribution in [2.24, 2.45) is 0 Å². The third kappa shape index (κ3) is 4.23. The topological polar surface area (TPSA) is 74.4 Å². The predicted octanol–water partition coefficient (Wildman–Crippen LogP) is 1.72. The van der Waals surface area contributed by atoms with E-state index in [1.54, 1.807) is 26.2 Å². The number of hydrogen-bond donors (Lipinski definition) is 2. The predicted molar refractivity (Wildman–Crippen MR) is 93.6 cm³/mol. The molecule has 0 aliphatic carbocycles. The van der Waals surface area contributed by atoms with Gasteiger partial charge in [0, 0.05) is 12.2 Å². The fraction of sp³-hybridized carbons (Fsp3) is 0.333. The third-order valence-electron chi connectivity index (χ3n) is 3.88. The molecule has 0 fully saturated rings. The maximum absolute atomic E-state index is 12.3. The maximum Gasteiger partial charge on any atom is 0.260 e. The zero-order chi connectivity index (χ0) is 17.7. The standard InChI is InChI=1S/C18H23N3O3/c1-12-5-10-15(18(23)20-12)17(22)19-11-16(21(2)3)13-6-8-14(24-4)9-7-13/h5-10,16H,11H2,1-4H3,(H,19,22)(H,20,23). The Morgan fingerprint density at radius 1 is 1.21 bits per heavy atom. The van der Waals surface area contributed by atoms with Crippen molar-refractivity contribution in [3.63, 3.8) is 0 Å². The number of likely N-dealkylation sites (N-methyl/N-ethyl adjacent to an activating group) is 1. The number of aryl methyl sites for hydroxylation is 1. The highest BCUT2D eigenvalue weighted by molar-refractivity contribution is 5.93. The molecule has 0 aliphatic heterocycles. The van der Waals surface area contributed by atoms with Crippen molar-refractivity contribution in [3.05, 3.63) is 63.6 Å². The summed E-state index contributed by atoms with van der Waals surface area (Å²) in [6.07, 6.45) is 0. The number of aromatic nitrogens is 1. The lowest BCUT2D eigenvalue weighted by molar-refractivity contribution is 0.0940. The average molecular weight is 329 g/mol. The molecule has 24 heavy (non-hydrogen) atoms. The van der Waals surface area contributed by atoms with Crippen molar-refractivity contribution < 1.29 is 9.53 Å². The van der Waals surface area contributed by atoms with Crippen LogP contribution in [0.5, 0.6) is 5.75 Å². The zero-order valence-electron chi connectivity index (χ0n) is 14.4. The molecule has 1 amide bonds. The lowest BCUT2D eigenvalue weighted by Crippen LogP contribution is -2.36. The van der Waals surface area contributed by atoms with E-state index < -0.39 is 0 Å². The molecule has 0 bridgehead atoms. The van der Waals surface area contributed by atoms with Crippen LogP contribution in [0.4, 0.5) is 0 Å². The van der Waals surface area contributed by atoms with Crippen LogP contribution in [0.25, 0.3) is 0 Å². The Labute approximate surface area is 141 Å². The Morgan fingerprint density at radius 2 is 1.88 bits per heavy atom. The Balaban J connectivity index is 2.10. The van der Waals surface area contributed by atoms with E-state index in [4.69, 9.17) is 4.74 Å². The summed E-state index contributed by atoms with van der Waals surface area (Å²) in [5.74, 6) is 0.406. The van der Waals surface area contributed by atoms with E-state index in [0.29, 0.717) is 6.54 Å². The van der Waals surface area contributed by atoms with Gasteiger partial charge in [0.05, 0.1) is 13.2 Å². The van der Waals surface area contributed by atoms with Crippen LogP contribution in [0, 0.1) is 6.92 Å². The molecule has 6 heteroatoms. The van der Waals surface area contributed by atoms with Crippen molar-refractivity contribution in [2.45, 2.75) is 13.0 Å². The van der Waals surface area contributed by atoms with Gasteiger partial charge in [-0.2, -0.15) is 0 Å². The number of nitrogens with zero attached hydrogens (tertiary/aromatic N) is 1. The van der Waals surface area contributed by atoms with Gasteiger partial charge < -0.3 is 19.9 Å². The molecule has 1 heterocycles. The molecule has 0 spiro atoms. The summed E-state index contributed by atoms with van der Waals surface area (Å²) in [6, 6.07) is 11.0. The molecular formula is C18H23N3O3. The van der Waals surface area contributed by atoms with Gasteiger partial charge >= 0.3 is 0 Å². The maximum atomic E-state index is 12.3. The summed E-state index contributed by atoms with van der Waals surface area (Å²) in [7, 11) is 5.51. The quantitative estimate of drug-likeness (QED) is 0.846. The fourth-order valence-corrected chi connectivity index (χ4v) is 2.46. The number of carbonyl (C=O) groups is 1. The molecule has 2 aromatic rings. The summed E-state index contributed by atoms with van der Waals surface area (Å²) >= 11 is 0. The van der Waals surface area contributed by atoms with Gasteiger partial charge in [-0.25, -0.2) is 0 Å². The lowest BCUT2D eigenvalue weighted by Gasteiger charge is -2.25. The second-order valence-electron chi connectivity index (χ2n) is 5.85. The minimum Gasteiger partial charge on any atom is -0.497 e. The van der Waals surface area contributed by atoms with E-state index in [-0.39, 0.29) is 23.1 Å². The normalized spacial score (nSPS) is 12.0. The molecule has 2 N–H and O–H groups in total.